The van der Waals surface area contributed by atoms with Gasteiger partial charge in [-0.3, -0.25) is 0 Å². The molecule has 0 amide bonds. The van der Waals surface area contributed by atoms with Crippen LogP contribution in [0.25, 0.3) is 0 Å². The molecule has 2 rings (SSSR count). The predicted octanol–water partition coefficient (Wildman–Crippen LogP) is 1.59. The van der Waals surface area contributed by atoms with Gasteiger partial charge >= 0.3 is 0 Å². The molecule has 0 radical (unpaired) electrons. The van der Waals surface area contributed by atoms with E-state index in [4.69, 9.17) is 4.74 Å². The van der Waals surface area contributed by atoms with Crippen LogP contribution in [0.2, 0.25) is 0 Å². The first-order valence-corrected chi connectivity index (χ1v) is 8.44. The van der Waals surface area contributed by atoms with Crippen molar-refractivity contribution in [3.63, 3.8) is 0 Å². The van der Waals surface area contributed by atoms with Crippen molar-refractivity contribution in [1.82, 2.24) is 9.62 Å². The van der Waals surface area contributed by atoms with Crippen molar-refractivity contribution in [3.8, 4) is 5.75 Å². The number of ether oxygens (including phenoxy) is 1. The van der Waals surface area contributed by atoms with Crippen LogP contribution in [-0.2, 0) is 16.6 Å². The summed E-state index contributed by atoms with van der Waals surface area (Å²) in [6, 6.07) is 5.10. The molecule has 1 aromatic rings. The van der Waals surface area contributed by atoms with Gasteiger partial charge in [-0.25, -0.2) is 8.42 Å². The molecular formula is C14H22N2O3S. The lowest BCUT2D eigenvalue weighted by Crippen LogP contribution is -2.28. The smallest absolute Gasteiger partial charge is 0.243 e. The second kappa shape index (κ2) is 6.56. The molecule has 1 saturated heterocycles. The number of hydrogen-bond acceptors (Lipinski definition) is 4. The fraction of sp³-hybridized carbons (Fsp3) is 0.571. The lowest BCUT2D eigenvalue weighted by atomic mass is 10.2. The summed E-state index contributed by atoms with van der Waals surface area (Å²) in [5, 5.41) is 3.04. The summed E-state index contributed by atoms with van der Waals surface area (Å²) >= 11 is 0. The van der Waals surface area contributed by atoms with E-state index in [-0.39, 0.29) is 0 Å². The van der Waals surface area contributed by atoms with Crippen LogP contribution in [0, 0.1) is 0 Å². The lowest BCUT2D eigenvalue weighted by molar-refractivity contribution is 0.335. The minimum atomic E-state index is -3.36. The van der Waals surface area contributed by atoms with E-state index in [0.29, 0.717) is 31.1 Å². The van der Waals surface area contributed by atoms with Crippen LogP contribution in [0.3, 0.4) is 0 Å². The van der Waals surface area contributed by atoms with Crippen molar-refractivity contribution < 1.29 is 13.2 Å². The van der Waals surface area contributed by atoms with Gasteiger partial charge in [0.1, 0.15) is 5.75 Å². The zero-order chi connectivity index (χ0) is 14.6. The molecule has 0 saturated carbocycles. The number of nitrogens with zero attached hydrogens (tertiary/aromatic N) is 1. The average molecular weight is 298 g/mol. The molecule has 1 aliphatic heterocycles. The summed E-state index contributed by atoms with van der Waals surface area (Å²) in [6.07, 6.45) is 1.89. The molecule has 0 atom stereocenters. The van der Waals surface area contributed by atoms with Gasteiger partial charge in [0.25, 0.3) is 0 Å². The Morgan fingerprint density at radius 2 is 2.00 bits per heavy atom. The van der Waals surface area contributed by atoms with E-state index in [1.54, 1.807) is 22.5 Å². The largest absolute Gasteiger partial charge is 0.494 e. The molecule has 1 aromatic carbocycles. The molecular weight excluding hydrogens is 276 g/mol. The number of sulfonamides is 1. The van der Waals surface area contributed by atoms with Gasteiger partial charge in [-0.1, -0.05) is 0 Å². The number of benzene rings is 1. The zero-order valence-electron chi connectivity index (χ0n) is 12.1. The van der Waals surface area contributed by atoms with E-state index < -0.39 is 10.0 Å². The molecule has 20 heavy (non-hydrogen) atoms. The quantitative estimate of drug-likeness (QED) is 0.866. The Bertz CT molecular complexity index is 552. The van der Waals surface area contributed by atoms with Crippen molar-refractivity contribution in [2.45, 2.75) is 31.2 Å². The normalized spacial score (nSPS) is 16.5. The van der Waals surface area contributed by atoms with Gasteiger partial charge in [-0.05, 0) is 45.0 Å². The van der Waals surface area contributed by atoms with Gasteiger partial charge in [0.2, 0.25) is 10.0 Å². The van der Waals surface area contributed by atoms with E-state index in [1.165, 1.54) is 0 Å². The van der Waals surface area contributed by atoms with Crippen LogP contribution >= 0.6 is 0 Å². The van der Waals surface area contributed by atoms with Gasteiger partial charge in [-0.2, -0.15) is 4.31 Å². The van der Waals surface area contributed by atoms with E-state index >= 15 is 0 Å². The highest BCUT2D eigenvalue weighted by Crippen LogP contribution is 2.26. The molecule has 5 nitrogen and oxygen atoms in total. The van der Waals surface area contributed by atoms with Crippen molar-refractivity contribution in [2.75, 3.05) is 26.7 Å². The van der Waals surface area contributed by atoms with Gasteiger partial charge in [0, 0.05) is 25.2 Å². The average Bonchev–Trinajstić information content (AvgIpc) is 2.96. The molecule has 112 valence electrons. The van der Waals surface area contributed by atoms with Crippen molar-refractivity contribution in [1.29, 1.82) is 0 Å². The molecule has 0 aromatic heterocycles. The molecule has 0 unspecified atom stereocenters. The predicted molar refractivity (Wildman–Crippen MR) is 78.4 cm³/mol. The summed E-state index contributed by atoms with van der Waals surface area (Å²) in [5.41, 5.74) is 0.870. The van der Waals surface area contributed by atoms with Crippen LogP contribution in [0.4, 0.5) is 0 Å². The van der Waals surface area contributed by atoms with E-state index in [1.807, 2.05) is 14.0 Å². The van der Waals surface area contributed by atoms with Crippen molar-refractivity contribution in [3.05, 3.63) is 23.8 Å². The second-order valence-corrected chi connectivity index (χ2v) is 6.78. The lowest BCUT2D eigenvalue weighted by Gasteiger charge is -2.17. The maximum absolute atomic E-state index is 12.5. The molecule has 0 aliphatic carbocycles. The molecule has 1 heterocycles. The first-order valence-electron chi connectivity index (χ1n) is 7.00. The SMILES string of the molecule is CCOc1ccc(S(=O)(=O)N2CCCC2)cc1CNC. The third-order valence-electron chi connectivity index (χ3n) is 3.40. The summed E-state index contributed by atoms with van der Waals surface area (Å²) in [6.45, 7) is 4.31. The minimum absolute atomic E-state index is 0.355. The highest BCUT2D eigenvalue weighted by molar-refractivity contribution is 7.89. The Morgan fingerprint density at radius 1 is 1.30 bits per heavy atom. The first-order chi connectivity index (χ1) is 9.59. The highest BCUT2D eigenvalue weighted by atomic mass is 32.2. The summed E-state index contributed by atoms with van der Waals surface area (Å²) in [7, 11) is -1.53. The Kier molecular flexibility index (Phi) is 5.01. The van der Waals surface area contributed by atoms with Crippen molar-refractivity contribution >= 4 is 10.0 Å². The standard InChI is InChI=1S/C14H22N2O3S/c1-3-19-14-7-6-13(10-12(14)11-15-2)20(17,18)16-8-4-5-9-16/h6-7,10,15H,3-5,8-9,11H2,1-2H3. The highest BCUT2D eigenvalue weighted by Gasteiger charge is 2.27. The van der Waals surface area contributed by atoms with Crippen molar-refractivity contribution in [2.24, 2.45) is 0 Å². The summed E-state index contributed by atoms with van der Waals surface area (Å²) in [5.74, 6) is 0.738. The maximum Gasteiger partial charge on any atom is 0.243 e. The monoisotopic (exact) mass is 298 g/mol. The number of hydrogen-bond donors (Lipinski definition) is 1. The number of rotatable bonds is 6. The summed E-state index contributed by atoms with van der Waals surface area (Å²) < 4.78 is 32.1. The Hall–Kier alpha value is -1.11. The van der Waals surface area contributed by atoms with E-state index in [0.717, 1.165) is 24.2 Å². The third-order valence-corrected chi connectivity index (χ3v) is 5.30. The Morgan fingerprint density at radius 3 is 2.60 bits per heavy atom. The Balaban J connectivity index is 2.34. The minimum Gasteiger partial charge on any atom is -0.494 e. The molecule has 1 fully saturated rings. The van der Waals surface area contributed by atoms with Gasteiger partial charge in [0.05, 0.1) is 11.5 Å². The van der Waals surface area contributed by atoms with Gasteiger partial charge < -0.3 is 10.1 Å². The van der Waals surface area contributed by atoms with Crippen LogP contribution in [0.15, 0.2) is 23.1 Å². The molecule has 6 heteroatoms. The molecule has 1 N–H and O–H groups in total. The van der Waals surface area contributed by atoms with Gasteiger partial charge in [-0.15, -0.1) is 0 Å². The van der Waals surface area contributed by atoms with Crippen LogP contribution in [0.1, 0.15) is 25.3 Å². The second-order valence-electron chi connectivity index (χ2n) is 4.84. The van der Waals surface area contributed by atoms with Gasteiger partial charge in [0.15, 0.2) is 0 Å². The molecule has 1 aliphatic rings. The Labute approximate surface area is 121 Å². The van der Waals surface area contributed by atoms with Crippen LogP contribution in [-0.4, -0.2) is 39.5 Å². The number of nitrogens with one attached hydrogen (secondary N) is 1. The van der Waals surface area contributed by atoms with Crippen LogP contribution in [0.5, 0.6) is 5.75 Å². The van der Waals surface area contributed by atoms with E-state index in [9.17, 15) is 8.42 Å². The maximum atomic E-state index is 12.5. The molecule has 0 bridgehead atoms. The van der Waals surface area contributed by atoms with Crippen LogP contribution < -0.4 is 10.1 Å². The molecule has 0 spiro atoms. The first kappa shape index (κ1) is 15.3. The fourth-order valence-electron chi connectivity index (χ4n) is 2.42. The topological polar surface area (TPSA) is 58.6 Å². The summed E-state index contributed by atoms with van der Waals surface area (Å²) in [4.78, 5) is 0.355. The zero-order valence-corrected chi connectivity index (χ0v) is 12.9. The van der Waals surface area contributed by atoms with E-state index in [2.05, 4.69) is 5.32 Å². The fourth-order valence-corrected chi connectivity index (χ4v) is 3.99. The third kappa shape index (κ3) is 3.13.